The lowest BCUT2D eigenvalue weighted by Crippen LogP contribution is -2.45. The lowest BCUT2D eigenvalue weighted by molar-refractivity contribution is -0.133. The average Bonchev–Trinajstić information content (AvgIpc) is 2.28. The molecule has 1 aliphatic rings. The molecule has 1 saturated heterocycles. The van der Waals surface area contributed by atoms with Crippen molar-refractivity contribution in [2.24, 2.45) is 0 Å². The van der Waals surface area contributed by atoms with Gasteiger partial charge in [-0.25, -0.2) is 4.79 Å². The van der Waals surface area contributed by atoms with Gasteiger partial charge in [-0.3, -0.25) is 0 Å². The first-order valence-electron chi connectivity index (χ1n) is 6.14. The number of hydrogen-bond acceptors (Lipinski definition) is 3. The molecule has 4 nitrogen and oxygen atoms in total. The molecule has 0 aromatic heterocycles. The Morgan fingerprint density at radius 3 is 2.50 bits per heavy atom. The number of hydrogen-bond donors (Lipinski definition) is 1. The highest BCUT2D eigenvalue weighted by Gasteiger charge is 2.28. The minimum atomic E-state index is -4.11. The van der Waals surface area contributed by atoms with E-state index in [1.54, 1.807) is 11.8 Å². The van der Waals surface area contributed by atoms with Crippen molar-refractivity contribution in [3.63, 3.8) is 0 Å². The quantitative estimate of drug-likeness (QED) is 0.849. The third-order valence-corrected chi connectivity index (χ3v) is 2.86. The van der Waals surface area contributed by atoms with E-state index in [1.165, 1.54) is 0 Å². The summed E-state index contributed by atoms with van der Waals surface area (Å²) in [7, 11) is 0. The predicted octanol–water partition coefficient (Wildman–Crippen LogP) is 2.15. The van der Waals surface area contributed by atoms with Crippen molar-refractivity contribution < 1.29 is 22.7 Å². The van der Waals surface area contributed by atoms with Crippen molar-refractivity contribution in [2.75, 3.05) is 26.2 Å². The lowest BCUT2D eigenvalue weighted by atomic mass is 10.1. The zero-order valence-electron chi connectivity index (χ0n) is 10.4. The SMILES string of the molecule is CCOC(=O)N1CCC(NCCC(F)(F)F)CC1. The van der Waals surface area contributed by atoms with Crippen LogP contribution in [0.15, 0.2) is 0 Å². The number of alkyl halides is 3. The number of rotatable bonds is 4. The third kappa shape index (κ3) is 5.57. The molecule has 1 rings (SSSR count). The van der Waals surface area contributed by atoms with Crippen LogP contribution in [0.5, 0.6) is 0 Å². The summed E-state index contributed by atoms with van der Waals surface area (Å²) in [5.74, 6) is 0. The minimum Gasteiger partial charge on any atom is -0.450 e. The summed E-state index contributed by atoms with van der Waals surface area (Å²) >= 11 is 0. The maximum absolute atomic E-state index is 12.0. The summed E-state index contributed by atoms with van der Waals surface area (Å²) in [6.45, 7) is 3.07. The van der Waals surface area contributed by atoms with Crippen LogP contribution in [0.3, 0.4) is 0 Å². The molecule has 1 fully saturated rings. The van der Waals surface area contributed by atoms with Gasteiger partial charge in [0.15, 0.2) is 0 Å². The van der Waals surface area contributed by atoms with E-state index < -0.39 is 12.6 Å². The highest BCUT2D eigenvalue weighted by atomic mass is 19.4. The van der Waals surface area contributed by atoms with Gasteiger partial charge in [0.2, 0.25) is 0 Å². The molecule has 0 atom stereocenters. The molecule has 0 unspecified atom stereocenters. The fraction of sp³-hybridized carbons (Fsp3) is 0.909. The molecule has 0 bridgehead atoms. The Balaban J connectivity index is 2.17. The standard InChI is InChI=1S/C11H19F3N2O2/c1-2-18-10(17)16-7-3-9(4-8-16)15-6-5-11(12,13)14/h9,15H,2-8H2,1H3. The molecule has 1 N–H and O–H groups in total. The lowest BCUT2D eigenvalue weighted by Gasteiger charge is -2.31. The van der Waals surface area contributed by atoms with Crippen molar-refractivity contribution in [3.8, 4) is 0 Å². The molecule has 106 valence electrons. The minimum absolute atomic E-state index is 0.0537. The second kappa shape index (κ2) is 6.82. The molecule has 1 heterocycles. The summed E-state index contributed by atoms with van der Waals surface area (Å²) in [5.41, 5.74) is 0. The molecule has 1 amide bonds. The number of amides is 1. The van der Waals surface area contributed by atoms with E-state index in [0.717, 1.165) is 0 Å². The summed E-state index contributed by atoms with van der Waals surface area (Å²) in [6.07, 6.45) is -3.94. The van der Waals surface area contributed by atoms with Gasteiger partial charge in [-0.05, 0) is 19.8 Å². The van der Waals surface area contributed by atoms with Crippen LogP contribution in [0.4, 0.5) is 18.0 Å². The van der Waals surface area contributed by atoms with Crippen molar-refractivity contribution in [3.05, 3.63) is 0 Å². The van der Waals surface area contributed by atoms with Crippen molar-refractivity contribution >= 4 is 6.09 Å². The first-order valence-corrected chi connectivity index (χ1v) is 6.14. The molecular formula is C11H19F3N2O2. The normalized spacial score (nSPS) is 17.9. The molecule has 0 aliphatic carbocycles. The third-order valence-electron chi connectivity index (χ3n) is 2.86. The average molecular weight is 268 g/mol. The number of nitrogens with zero attached hydrogens (tertiary/aromatic N) is 1. The van der Waals surface area contributed by atoms with Crippen LogP contribution in [0.25, 0.3) is 0 Å². The monoisotopic (exact) mass is 268 g/mol. The van der Waals surface area contributed by atoms with Gasteiger partial charge in [0.05, 0.1) is 13.0 Å². The molecule has 18 heavy (non-hydrogen) atoms. The summed E-state index contributed by atoms with van der Waals surface area (Å²) in [6, 6.07) is 0.0537. The van der Waals surface area contributed by atoms with Gasteiger partial charge in [0.25, 0.3) is 0 Å². The van der Waals surface area contributed by atoms with Gasteiger partial charge in [0.1, 0.15) is 0 Å². The number of carbonyl (C=O) groups is 1. The fourth-order valence-electron chi connectivity index (χ4n) is 1.90. The highest BCUT2D eigenvalue weighted by Crippen LogP contribution is 2.19. The van der Waals surface area contributed by atoms with E-state index in [9.17, 15) is 18.0 Å². The molecule has 1 aliphatic heterocycles. The van der Waals surface area contributed by atoms with Crippen LogP contribution in [-0.2, 0) is 4.74 Å². The Hall–Kier alpha value is -0.980. The van der Waals surface area contributed by atoms with E-state index in [-0.39, 0.29) is 18.7 Å². The summed E-state index contributed by atoms with van der Waals surface area (Å²) in [4.78, 5) is 13.0. The van der Waals surface area contributed by atoms with Crippen molar-refractivity contribution in [1.82, 2.24) is 10.2 Å². The maximum atomic E-state index is 12.0. The number of piperidine rings is 1. The number of likely N-dealkylation sites (tertiary alicyclic amines) is 1. The van der Waals surface area contributed by atoms with Gasteiger partial charge in [0, 0.05) is 25.7 Å². The largest absolute Gasteiger partial charge is 0.450 e. The first-order chi connectivity index (χ1) is 8.42. The smallest absolute Gasteiger partial charge is 0.409 e. The zero-order chi connectivity index (χ0) is 13.6. The van der Waals surface area contributed by atoms with Crippen LogP contribution in [0.1, 0.15) is 26.2 Å². The number of ether oxygens (including phenoxy) is 1. The van der Waals surface area contributed by atoms with Crippen LogP contribution in [-0.4, -0.2) is 49.5 Å². The number of nitrogens with one attached hydrogen (secondary N) is 1. The molecule has 0 aromatic carbocycles. The summed E-state index contributed by atoms with van der Waals surface area (Å²) in [5, 5.41) is 2.87. The van der Waals surface area contributed by atoms with E-state index in [4.69, 9.17) is 4.74 Å². The van der Waals surface area contributed by atoms with E-state index in [1.807, 2.05) is 0 Å². The first kappa shape index (κ1) is 15.1. The van der Waals surface area contributed by atoms with Crippen LogP contribution in [0, 0.1) is 0 Å². The molecule has 0 spiro atoms. The van der Waals surface area contributed by atoms with Crippen molar-refractivity contribution in [2.45, 2.75) is 38.4 Å². The van der Waals surface area contributed by atoms with Gasteiger partial charge in [-0.2, -0.15) is 13.2 Å². The highest BCUT2D eigenvalue weighted by molar-refractivity contribution is 5.67. The maximum Gasteiger partial charge on any atom is 0.409 e. The fourth-order valence-corrected chi connectivity index (χ4v) is 1.90. The van der Waals surface area contributed by atoms with Crippen molar-refractivity contribution in [1.29, 1.82) is 0 Å². The van der Waals surface area contributed by atoms with Gasteiger partial charge < -0.3 is 15.0 Å². The molecule has 0 radical (unpaired) electrons. The Morgan fingerprint density at radius 2 is 2.00 bits per heavy atom. The van der Waals surface area contributed by atoms with Gasteiger partial charge in [-0.15, -0.1) is 0 Å². The molecular weight excluding hydrogens is 249 g/mol. The van der Waals surface area contributed by atoms with Crippen LogP contribution in [0.2, 0.25) is 0 Å². The van der Waals surface area contributed by atoms with E-state index in [2.05, 4.69) is 5.32 Å². The molecule has 0 aromatic rings. The van der Waals surface area contributed by atoms with Gasteiger partial charge >= 0.3 is 12.3 Å². The van der Waals surface area contributed by atoms with E-state index >= 15 is 0 Å². The zero-order valence-corrected chi connectivity index (χ0v) is 10.4. The topological polar surface area (TPSA) is 41.6 Å². The summed E-state index contributed by atoms with van der Waals surface area (Å²) < 4.78 is 40.7. The number of carbonyl (C=O) groups excluding carboxylic acids is 1. The second-order valence-corrected chi connectivity index (χ2v) is 4.28. The second-order valence-electron chi connectivity index (χ2n) is 4.28. The predicted molar refractivity (Wildman–Crippen MR) is 60.3 cm³/mol. The van der Waals surface area contributed by atoms with Crippen LogP contribution >= 0.6 is 0 Å². The molecule has 7 heteroatoms. The Kier molecular flexibility index (Phi) is 5.71. The Labute approximate surface area is 104 Å². The van der Waals surface area contributed by atoms with Crippen LogP contribution < -0.4 is 5.32 Å². The van der Waals surface area contributed by atoms with Gasteiger partial charge in [-0.1, -0.05) is 0 Å². The number of halogens is 3. The Morgan fingerprint density at radius 1 is 1.39 bits per heavy atom. The molecule has 0 saturated carbocycles. The van der Waals surface area contributed by atoms with E-state index in [0.29, 0.717) is 32.5 Å². The Bertz CT molecular complexity index is 264.